The predicted octanol–water partition coefficient (Wildman–Crippen LogP) is 3.67. The van der Waals surface area contributed by atoms with Crippen molar-refractivity contribution in [2.24, 2.45) is 17.3 Å². The molecule has 0 bridgehead atoms. The van der Waals surface area contributed by atoms with Gasteiger partial charge in [-0.1, -0.05) is 40.2 Å². The molecular weight excluding hydrogens is 182 g/mol. The lowest BCUT2D eigenvalue weighted by Crippen LogP contribution is -2.29. The quantitative estimate of drug-likeness (QED) is 0.634. The Kier molecular flexibility index (Phi) is 2.83. The number of fused-ring (bicyclic) bond motifs is 1. The summed E-state index contributed by atoms with van der Waals surface area (Å²) in [4.78, 5) is 2.56. The Morgan fingerprint density at radius 2 is 1.93 bits per heavy atom. The lowest BCUT2D eigenvalue weighted by molar-refractivity contribution is 0.244. The van der Waals surface area contributed by atoms with Crippen LogP contribution in [0.3, 0.4) is 0 Å². The minimum Gasteiger partial charge on any atom is -0.374 e. The van der Waals surface area contributed by atoms with E-state index in [4.69, 9.17) is 0 Å². The monoisotopic (exact) mass is 207 g/mol. The van der Waals surface area contributed by atoms with Gasteiger partial charge in [0.25, 0.3) is 0 Å². The van der Waals surface area contributed by atoms with Gasteiger partial charge in [-0.2, -0.15) is 0 Å². The minimum atomic E-state index is 0.399. The van der Waals surface area contributed by atoms with Crippen LogP contribution in [0, 0.1) is 17.3 Å². The van der Waals surface area contributed by atoms with E-state index < -0.39 is 0 Å². The largest absolute Gasteiger partial charge is 0.374 e. The second-order valence-corrected chi connectivity index (χ2v) is 6.58. The Morgan fingerprint density at radius 3 is 2.53 bits per heavy atom. The molecule has 1 aliphatic carbocycles. The maximum atomic E-state index is 4.33. The summed E-state index contributed by atoms with van der Waals surface area (Å²) in [5, 5.41) is 0. The zero-order valence-corrected chi connectivity index (χ0v) is 10.6. The first kappa shape index (κ1) is 11.0. The summed E-state index contributed by atoms with van der Waals surface area (Å²) in [6.45, 7) is 13.8. The van der Waals surface area contributed by atoms with E-state index in [1.807, 2.05) is 0 Å². The van der Waals surface area contributed by atoms with E-state index in [9.17, 15) is 0 Å². The van der Waals surface area contributed by atoms with E-state index >= 15 is 0 Å². The van der Waals surface area contributed by atoms with E-state index in [-0.39, 0.29) is 0 Å². The third-order valence-corrected chi connectivity index (χ3v) is 3.86. The van der Waals surface area contributed by atoms with E-state index in [2.05, 4.69) is 32.3 Å². The highest BCUT2D eigenvalue weighted by atomic mass is 15.2. The molecular formula is C14H25N. The van der Waals surface area contributed by atoms with Gasteiger partial charge in [0.2, 0.25) is 0 Å². The molecule has 1 saturated heterocycles. The first-order valence-corrected chi connectivity index (χ1v) is 6.41. The number of likely N-dealkylation sites (tertiary alicyclic amines) is 1. The highest BCUT2D eigenvalue weighted by Crippen LogP contribution is 2.42. The molecule has 2 aliphatic rings. The van der Waals surface area contributed by atoms with Crippen LogP contribution in [0.5, 0.6) is 0 Å². The molecule has 1 saturated carbocycles. The van der Waals surface area contributed by atoms with Crippen molar-refractivity contribution in [1.29, 1.82) is 0 Å². The second kappa shape index (κ2) is 3.84. The molecule has 2 rings (SSSR count). The lowest BCUT2D eigenvalue weighted by Gasteiger charge is -2.29. The van der Waals surface area contributed by atoms with Gasteiger partial charge >= 0.3 is 0 Å². The van der Waals surface area contributed by atoms with Crippen LogP contribution >= 0.6 is 0 Å². The van der Waals surface area contributed by atoms with Crippen LogP contribution in [0.4, 0.5) is 0 Å². The number of hydrogen-bond acceptors (Lipinski definition) is 1. The maximum Gasteiger partial charge on any atom is 0.0223 e. The molecule has 1 heterocycles. The Morgan fingerprint density at radius 1 is 1.27 bits per heavy atom. The zero-order chi connectivity index (χ0) is 11.1. The van der Waals surface area contributed by atoms with Gasteiger partial charge in [-0.25, -0.2) is 0 Å². The van der Waals surface area contributed by atoms with Gasteiger partial charge in [-0.05, 0) is 24.2 Å². The maximum absolute atomic E-state index is 4.33. The first-order chi connectivity index (χ1) is 6.97. The molecule has 2 atom stereocenters. The summed E-state index contributed by atoms with van der Waals surface area (Å²) in [5.74, 6) is 1.75. The summed E-state index contributed by atoms with van der Waals surface area (Å²) in [6, 6.07) is 0. The summed E-state index contributed by atoms with van der Waals surface area (Å²) in [5.41, 5.74) is 1.84. The van der Waals surface area contributed by atoms with Crippen molar-refractivity contribution in [3.05, 3.63) is 12.3 Å². The van der Waals surface area contributed by atoms with Crippen LogP contribution in [0.15, 0.2) is 12.3 Å². The third-order valence-electron chi connectivity index (χ3n) is 3.86. The van der Waals surface area contributed by atoms with Crippen molar-refractivity contribution < 1.29 is 0 Å². The fourth-order valence-electron chi connectivity index (χ4n) is 3.24. The number of hydrogen-bond donors (Lipinski definition) is 0. The molecule has 15 heavy (non-hydrogen) atoms. The van der Waals surface area contributed by atoms with Crippen molar-refractivity contribution in [2.75, 3.05) is 13.1 Å². The minimum absolute atomic E-state index is 0.399. The van der Waals surface area contributed by atoms with Gasteiger partial charge in [-0.3, -0.25) is 0 Å². The third kappa shape index (κ3) is 2.38. The van der Waals surface area contributed by atoms with Crippen LogP contribution in [-0.2, 0) is 0 Å². The summed E-state index contributed by atoms with van der Waals surface area (Å²) >= 11 is 0. The van der Waals surface area contributed by atoms with Crippen LogP contribution < -0.4 is 0 Å². The SMILES string of the molecule is C=C1C2CCCCC2CN1CC(C)(C)C. The molecule has 86 valence electrons. The Labute approximate surface area is 94.5 Å². The molecule has 0 spiro atoms. The molecule has 0 aromatic heterocycles. The van der Waals surface area contributed by atoms with Crippen molar-refractivity contribution >= 4 is 0 Å². The summed E-state index contributed by atoms with van der Waals surface area (Å²) in [7, 11) is 0. The van der Waals surface area contributed by atoms with E-state index in [1.54, 1.807) is 0 Å². The van der Waals surface area contributed by atoms with Gasteiger partial charge in [-0.15, -0.1) is 0 Å². The van der Waals surface area contributed by atoms with Gasteiger partial charge in [0.15, 0.2) is 0 Å². The van der Waals surface area contributed by atoms with Crippen molar-refractivity contribution in [3.63, 3.8) is 0 Å². The molecule has 0 radical (unpaired) electrons. The average Bonchev–Trinajstić information content (AvgIpc) is 2.42. The number of rotatable bonds is 1. The smallest absolute Gasteiger partial charge is 0.0223 e. The number of allylic oxidation sites excluding steroid dienone is 1. The van der Waals surface area contributed by atoms with Gasteiger partial charge in [0, 0.05) is 24.7 Å². The summed E-state index contributed by atoms with van der Waals surface area (Å²) in [6.07, 6.45) is 5.69. The van der Waals surface area contributed by atoms with Crippen molar-refractivity contribution in [3.8, 4) is 0 Å². The Balaban J connectivity index is 2.01. The van der Waals surface area contributed by atoms with Crippen molar-refractivity contribution in [1.82, 2.24) is 4.90 Å². The predicted molar refractivity (Wildman–Crippen MR) is 65.6 cm³/mol. The molecule has 1 heteroatoms. The number of nitrogens with zero attached hydrogens (tertiary/aromatic N) is 1. The van der Waals surface area contributed by atoms with Crippen molar-refractivity contribution in [2.45, 2.75) is 46.5 Å². The average molecular weight is 207 g/mol. The standard InChI is InChI=1S/C14H25N/c1-11-13-8-6-5-7-12(13)9-15(11)10-14(2,3)4/h12-13H,1,5-10H2,2-4H3. The van der Waals surface area contributed by atoms with E-state index in [0.717, 1.165) is 11.8 Å². The van der Waals surface area contributed by atoms with Crippen LogP contribution in [0.1, 0.15) is 46.5 Å². The first-order valence-electron chi connectivity index (χ1n) is 6.41. The molecule has 1 aliphatic heterocycles. The van der Waals surface area contributed by atoms with Gasteiger partial charge < -0.3 is 4.90 Å². The lowest BCUT2D eigenvalue weighted by atomic mass is 9.81. The van der Waals surface area contributed by atoms with Crippen LogP contribution in [0.25, 0.3) is 0 Å². The highest BCUT2D eigenvalue weighted by Gasteiger charge is 2.37. The normalized spacial score (nSPS) is 31.9. The molecule has 2 unspecified atom stereocenters. The molecule has 0 aromatic rings. The van der Waals surface area contributed by atoms with Crippen LogP contribution in [0.2, 0.25) is 0 Å². The fraction of sp³-hybridized carbons (Fsp3) is 0.857. The topological polar surface area (TPSA) is 3.24 Å². The summed E-state index contributed by atoms with van der Waals surface area (Å²) < 4.78 is 0. The Hall–Kier alpha value is -0.460. The molecule has 0 N–H and O–H groups in total. The van der Waals surface area contributed by atoms with E-state index in [1.165, 1.54) is 44.5 Å². The zero-order valence-electron chi connectivity index (χ0n) is 10.6. The molecule has 0 amide bonds. The molecule has 0 aromatic carbocycles. The second-order valence-electron chi connectivity index (χ2n) is 6.58. The fourth-order valence-corrected chi connectivity index (χ4v) is 3.24. The van der Waals surface area contributed by atoms with Gasteiger partial charge in [0.1, 0.15) is 0 Å². The highest BCUT2D eigenvalue weighted by molar-refractivity contribution is 5.11. The molecule has 1 nitrogen and oxygen atoms in total. The van der Waals surface area contributed by atoms with Crippen LogP contribution in [-0.4, -0.2) is 18.0 Å². The van der Waals surface area contributed by atoms with E-state index in [0.29, 0.717) is 5.41 Å². The Bertz CT molecular complexity index is 249. The molecule has 2 fully saturated rings. The van der Waals surface area contributed by atoms with Gasteiger partial charge in [0.05, 0.1) is 0 Å².